The first-order valence-electron chi connectivity index (χ1n) is 48.9. The lowest BCUT2D eigenvalue weighted by Crippen LogP contribution is -2.29. The zero-order valence-corrected chi connectivity index (χ0v) is 80.1. The maximum absolute atomic E-state index is 9.43. The van der Waals surface area contributed by atoms with Gasteiger partial charge in [0.1, 0.15) is 0 Å². The van der Waals surface area contributed by atoms with Gasteiger partial charge in [-0.3, -0.25) is 0 Å². The van der Waals surface area contributed by atoms with E-state index in [9.17, 15) is 10.0 Å². The van der Waals surface area contributed by atoms with Crippen LogP contribution in [0.3, 0.4) is 0 Å². The highest BCUT2D eigenvalue weighted by Gasteiger charge is 2.43. The molecule has 0 unspecified atom stereocenters. The second-order valence-corrected chi connectivity index (χ2v) is 40.1. The number of rotatable bonds is 14. The van der Waals surface area contributed by atoms with Gasteiger partial charge in [-0.2, -0.15) is 0 Å². The zero-order valence-electron chi connectivity index (χ0n) is 80.1. The monoisotopic (exact) mass is 1800 g/mol. The van der Waals surface area contributed by atoms with Crippen LogP contribution in [0.25, 0.3) is 155 Å². The third kappa shape index (κ3) is 14.3. The van der Waals surface area contributed by atoms with Gasteiger partial charge in [0.25, 0.3) is 0 Å². The van der Waals surface area contributed by atoms with Crippen LogP contribution in [-0.4, -0.2) is 26.3 Å². The number of hydrogen-bond donors (Lipinski definition) is 2. The second-order valence-electron chi connectivity index (χ2n) is 40.1. The summed E-state index contributed by atoms with van der Waals surface area (Å²) in [6.45, 7) is 21.3. The molecule has 0 aliphatic heterocycles. The number of aromatic nitrogens is 2. The molecule has 2 heterocycles. The Labute approximate surface area is 820 Å². The van der Waals surface area contributed by atoms with E-state index in [0.29, 0.717) is 5.46 Å². The minimum absolute atomic E-state index is 0.0761. The molecule has 672 valence electrons. The third-order valence-corrected chi connectivity index (χ3v) is 30.6. The molecule has 0 bridgehead atoms. The molecule has 0 radical (unpaired) electrons. The summed E-state index contributed by atoms with van der Waals surface area (Å²) in [6, 6.07) is 168. The van der Waals surface area contributed by atoms with E-state index in [0.717, 1.165) is 61.6 Å². The second kappa shape index (κ2) is 34.1. The Morgan fingerprint density at radius 1 is 0.207 bits per heavy atom. The number of hydrogen-bond acceptors (Lipinski definition) is 4. The van der Waals surface area contributed by atoms with Crippen molar-refractivity contribution in [2.45, 2.75) is 84.0 Å². The van der Waals surface area contributed by atoms with Crippen molar-refractivity contribution >= 4 is 90.3 Å². The van der Waals surface area contributed by atoms with Gasteiger partial charge in [-0.1, -0.05) is 389 Å². The van der Waals surface area contributed by atoms with Gasteiger partial charge in [-0.15, -0.1) is 0 Å². The lowest BCUT2D eigenvalue weighted by molar-refractivity contribution is 0.426. The highest BCUT2D eigenvalue weighted by molar-refractivity contribution is 6.59. The fourth-order valence-electron chi connectivity index (χ4n) is 23.7. The number of aryl methyl sites for hydroxylation is 1. The molecule has 20 aromatic carbocycles. The fourth-order valence-corrected chi connectivity index (χ4v) is 23.7. The van der Waals surface area contributed by atoms with E-state index in [-0.39, 0.29) is 21.7 Å². The van der Waals surface area contributed by atoms with Crippen molar-refractivity contribution in [3.8, 4) is 112 Å². The van der Waals surface area contributed by atoms with Crippen LogP contribution in [0, 0.1) is 6.92 Å². The quantitative estimate of drug-likeness (QED) is 0.107. The van der Waals surface area contributed by atoms with Crippen molar-refractivity contribution in [3.63, 3.8) is 0 Å². The molecule has 0 spiro atoms. The summed E-state index contributed by atoms with van der Waals surface area (Å²) in [6.07, 6.45) is 0. The molecule has 0 saturated heterocycles. The molecule has 140 heavy (non-hydrogen) atoms. The largest absolute Gasteiger partial charge is 0.488 e. The molecule has 0 saturated carbocycles. The number of anilines is 6. The molecule has 4 aliphatic carbocycles. The van der Waals surface area contributed by atoms with E-state index in [1.807, 2.05) is 42.5 Å². The molecule has 6 nitrogen and oxygen atoms in total. The molecule has 2 N–H and O–H groups in total. The van der Waals surface area contributed by atoms with Crippen molar-refractivity contribution in [1.82, 2.24) is 9.13 Å². The van der Waals surface area contributed by atoms with Gasteiger partial charge in [0, 0.05) is 88.7 Å². The summed E-state index contributed by atoms with van der Waals surface area (Å²) in [5.41, 5.74) is 49.3. The molecule has 4 aliphatic rings. The summed E-state index contributed by atoms with van der Waals surface area (Å²) >= 11 is 0. The van der Waals surface area contributed by atoms with E-state index in [1.165, 1.54) is 178 Å². The zero-order chi connectivity index (χ0) is 95.0. The lowest BCUT2D eigenvalue weighted by atomic mass is 9.78. The van der Waals surface area contributed by atoms with Gasteiger partial charge in [-0.05, 0) is 290 Å². The molecule has 0 fully saturated rings. The Morgan fingerprint density at radius 2 is 0.507 bits per heavy atom. The van der Waals surface area contributed by atoms with Crippen molar-refractivity contribution < 1.29 is 10.0 Å². The molecular weight excluding hydrogens is 1700 g/mol. The van der Waals surface area contributed by atoms with Crippen molar-refractivity contribution in [3.05, 3.63) is 511 Å². The number of para-hydroxylation sites is 4. The minimum atomic E-state index is -1.46. The van der Waals surface area contributed by atoms with Crippen LogP contribution >= 0.6 is 0 Å². The topological polar surface area (TPSA) is 56.8 Å². The first-order chi connectivity index (χ1) is 68.2. The van der Waals surface area contributed by atoms with Crippen LogP contribution in [0.5, 0.6) is 0 Å². The lowest BCUT2D eigenvalue weighted by Gasteiger charge is -2.29. The van der Waals surface area contributed by atoms with Crippen LogP contribution in [0.1, 0.15) is 105 Å². The molecule has 7 heteroatoms. The maximum Gasteiger partial charge on any atom is 0.488 e. The standard InChI is InChI=1S/C66H50N2.C49H41N.C18H14BNO2/c1-65(2)58-24-14-11-21-53(58)54-37-36-50(42-60(54)65)67(48-32-27-44(28-33-48)43-17-7-5-8-18-43)49-34-29-45(30-35-49)52-39-38-51(63-56-23-12-15-25-59(56)66(3,4)64(52)63)46-31-40-62-57(41-46)55-22-13-16-26-61(55)68(62)47-19-9-6-10-20-47;1-32-19-29-39(47-46(32)42-16-10-12-18-44(42)49(47,4)5)35-22-26-37(27-23-35)50(36-24-20-34(21-25-36)33-13-7-6-8-14-33)38-28-30-41-40-15-9-11-17-43(40)48(2,3)45(41)31-38;21-19(22)13-10-11-18-16(12-13)15-8-4-5-9-17(15)20(18)14-6-2-1-3-7-14/h5-42H,1-4H3;6-31H,1-5H3;1-12,21-22H. The van der Waals surface area contributed by atoms with E-state index < -0.39 is 7.12 Å². The normalized spacial score (nSPS) is 13.6. The van der Waals surface area contributed by atoms with Gasteiger partial charge in [0.2, 0.25) is 0 Å². The highest BCUT2D eigenvalue weighted by Crippen LogP contribution is 2.59. The first-order valence-corrected chi connectivity index (χ1v) is 48.9. The van der Waals surface area contributed by atoms with Gasteiger partial charge in [0.05, 0.1) is 22.1 Å². The predicted octanol–water partition coefficient (Wildman–Crippen LogP) is 33.7. The average Bonchev–Trinajstić information content (AvgIpc) is 1.55. The van der Waals surface area contributed by atoms with Gasteiger partial charge >= 0.3 is 7.12 Å². The summed E-state index contributed by atoms with van der Waals surface area (Å²) < 4.78 is 4.59. The third-order valence-electron chi connectivity index (χ3n) is 30.6. The Balaban J connectivity index is 0.000000128. The van der Waals surface area contributed by atoms with Crippen LogP contribution in [0.2, 0.25) is 0 Å². The Morgan fingerprint density at radius 3 is 0.943 bits per heavy atom. The SMILES string of the molecule is CC1(C)c2ccccc2-c2ccc(N(c3ccc(-c4ccccc4)cc3)c3ccc(-c4ccc(-c5ccc6c(c5)c5ccccc5n6-c5ccccc5)c5c4C(C)(C)c4ccccc4-5)cc3)cc21.Cc1ccc(-c2ccc(N(c3ccc(-c4ccccc4)cc3)c3ccc4c(c3)C(C)(C)c3ccccc3-4)cc2)c2c1-c1ccccc1C2(C)C.OB(O)c1ccc2c(c1)c1ccccc1n2-c1ccccc1. The van der Waals surface area contributed by atoms with Crippen molar-refractivity contribution in [2.24, 2.45) is 0 Å². The van der Waals surface area contributed by atoms with E-state index in [2.05, 4.69) is 494 Å². The molecule has 22 aromatic rings. The summed E-state index contributed by atoms with van der Waals surface area (Å²) in [4.78, 5) is 4.84. The van der Waals surface area contributed by atoms with E-state index >= 15 is 0 Å². The molecule has 0 amide bonds. The van der Waals surface area contributed by atoms with Crippen LogP contribution in [0.4, 0.5) is 34.1 Å². The number of nitrogens with zero attached hydrogens (tertiary/aromatic N) is 4. The van der Waals surface area contributed by atoms with Crippen molar-refractivity contribution in [1.29, 1.82) is 0 Å². The molecule has 2 aromatic heterocycles. The smallest absolute Gasteiger partial charge is 0.423 e. The molecule has 0 atom stereocenters. The van der Waals surface area contributed by atoms with Crippen LogP contribution in [0.15, 0.2) is 461 Å². The summed E-state index contributed by atoms with van der Waals surface area (Å²) in [5.74, 6) is 0. The molecular formula is C133H105BN4O2. The van der Waals surface area contributed by atoms with E-state index in [4.69, 9.17) is 0 Å². The fraction of sp³-hybridized carbons (Fsp3) is 0.0977. The predicted molar refractivity (Wildman–Crippen MR) is 589 cm³/mol. The van der Waals surface area contributed by atoms with E-state index in [1.54, 1.807) is 6.07 Å². The molecule has 26 rings (SSSR count). The highest BCUT2D eigenvalue weighted by atomic mass is 16.4. The Kier molecular flexibility index (Phi) is 21.0. The maximum atomic E-state index is 9.43. The van der Waals surface area contributed by atoms with Crippen LogP contribution < -0.4 is 15.3 Å². The van der Waals surface area contributed by atoms with Crippen molar-refractivity contribution in [2.75, 3.05) is 9.80 Å². The van der Waals surface area contributed by atoms with Gasteiger partial charge in [0.15, 0.2) is 0 Å². The number of fused-ring (bicyclic) bond motifs is 18. The van der Waals surface area contributed by atoms with Crippen LogP contribution in [-0.2, 0) is 21.7 Å². The van der Waals surface area contributed by atoms with Gasteiger partial charge < -0.3 is 29.0 Å². The Bertz CT molecular complexity index is 8610. The summed E-state index contributed by atoms with van der Waals surface area (Å²) in [5, 5.41) is 23.5. The van der Waals surface area contributed by atoms with Gasteiger partial charge in [-0.25, -0.2) is 0 Å². The summed E-state index contributed by atoms with van der Waals surface area (Å²) in [7, 11) is -1.46. The Hall–Kier alpha value is -16.4. The first kappa shape index (κ1) is 86.4. The minimum Gasteiger partial charge on any atom is -0.423 e. The number of benzene rings is 20. The average molecular weight is 1800 g/mol.